The predicted octanol–water partition coefficient (Wildman–Crippen LogP) is 2.89. The van der Waals surface area contributed by atoms with Gasteiger partial charge >= 0.3 is 0 Å². The summed E-state index contributed by atoms with van der Waals surface area (Å²) in [6.45, 7) is 4.36. The maximum atomic E-state index is 4.42. The highest BCUT2D eigenvalue weighted by atomic mass is 15.1. The van der Waals surface area contributed by atoms with Crippen LogP contribution in [0.2, 0.25) is 0 Å². The van der Waals surface area contributed by atoms with Crippen molar-refractivity contribution in [2.45, 2.75) is 38.6 Å². The van der Waals surface area contributed by atoms with Gasteiger partial charge in [0, 0.05) is 23.5 Å². The lowest BCUT2D eigenvalue weighted by Gasteiger charge is -2.08. The first-order valence-corrected chi connectivity index (χ1v) is 5.59. The number of aromatic nitrogens is 3. The molecule has 3 heteroatoms. The maximum Gasteiger partial charge on any atom is 0.143 e. The van der Waals surface area contributed by atoms with Crippen LogP contribution in [0.1, 0.15) is 44.3 Å². The molecule has 0 saturated heterocycles. The Kier molecular flexibility index (Phi) is 1.81. The van der Waals surface area contributed by atoms with Gasteiger partial charge in [0.2, 0.25) is 0 Å². The van der Waals surface area contributed by atoms with Gasteiger partial charge in [-0.2, -0.15) is 0 Å². The van der Waals surface area contributed by atoms with Crippen molar-refractivity contribution >= 4 is 11.0 Å². The van der Waals surface area contributed by atoms with Crippen LogP contribution in [0.5, 0.6) is 0 Å². The fourth-order valence-corrected chi connectivity index (χ4v) is 2.09. The van der Waals surface area contributed by atoms with Gasteiger partial charge in [-0.05, 0) is 32.8 Å². The van der Waals surface area contributed by atoms with Gasteiger partial charge in [-0.25, -0.2) is 9.97 Å². The lowest BCUT2D eigenvalue weighted by Crippen LogP contribution is -2.00. The van der Waals surface area contributed by atoms with E-state index in [-0.39, 0.29) is 0 Å². The van der Waals surface area contributed by atoms with Crippen LogP contribution < -0.4 is 0 Å². The molecule has 0 atom stereocenters. The third-order valence-corrected chi connectivity index (χ3v) is 3.06. The van der Waals surface area contributed by atoms with Gasteiger partial charge in [0.25, 0.3) is 0 Å². The van der Waals surface area contributed by atoms with E-state index in [2.05, 4.69) is 40.6 Å². The zero-order valence-electron chi connectivity index (χ0n) is 9.14. The Balaban J connectivity index is 2.23. The van der Waals surface area contributed by atoms with Crippen molar-refractivity contribution in [3.05, 3.63) is 24.3 Å². The molecular weight excluding hydrogens is 186 g/mol. The van der Waals surface area contributed by atoms with Gasteiger partial charge in [0.05, 0.1) is 5.69 Å². The van der Waals surface area contributed by atoms with Crippen LogP contribution in [0.4, 0.5) is 0 Å². The standard InChI is InChI=1S/C12H15N3/c1-8(2)15-6-5-10-11(9-3-4-9)13-7-14-12(10)15/h5-9H,3-4H2,1-2H3. The minimum atomic E-state index is 0.462. The van der Waals surface area contributed by atoms with E-state index in [1.807, 2.05) is 0 Å². The SMILES string of the molecule is CC(C)n1ccc2c(C3CC3)ncnc21. The molecule has 0 aliphatic heterocycles. The summed E-state index contributed by atoms with van der Waals surface area (Å²) in [6, 6.07) is 2.62. The summed E-state index contributed by atoms with van der Waals surface area (Å²) in [5, 5.41) is 1.24. The van der Waals surface area contributed by atoms with Crippen molar-refractivity contribution in [2.24, 2.45) is 0 Å². The number of hydrogen-bond donors (Lipinski definition) is 0. The minimum Gasteiger partial charge on any atom is -0.330 e. The van der Waals surface area contributed by atoms with Crippen molar-refractivity contribution < 1.29 is 0 Å². The highest BCUT2D eigenvalue weighted by Crippen LogP contribution is 2.41. The summed E-state index contributed by atoms with van der Waals surface area (Å²) in [4.78, 5) is 8.80. The van der Waals surface area contributed by atoms with Crippen LogP contribution in [-0.2, 0) is 0 Å². The van der Waals surface area contributed by atoms with Gasteiger partial charge in [-0.1, -0.05) is 0 Å². The molecule has 0 spiro atoms. The Bertz CT molecular complexity index is 495. The molecule has 1 aliphatic carbocycles. The highest BCUT2D eigenvalue weighted by Gasteiger charge is 2.27. The van der Waals surface area contributed by atoms with E-state index < -0.39 is 0 Å². The van der Waals surface area contributed by atoms with Crippen LogP contribution in [-0.4, -0.2) is 14.5 Å². The predicted molar refractivity (Wildman–Crippen MR) is 59.9 cm³/mol. The normalized spacial score (nSPS) is 16.5. The summed E-state index contributed by atoms with van der Waals surface area (Å²) in [5.41, 5.74) is 2.33. The molecule has 15 heavy (non-hydrogen) atoms. The molecule has 1 fully saturated rings. The lowest BCUT2D eigenvalue weighted by molar-refractivity contribution is 0.617. The van der Waals surface area contributed by atoms with E-state index in [0.29, 0.717) is 12.0 Å². The van der Waals surface area contributed by atoms with E-state index in [0.717, 1.165) is 5.65 Å². The lowest BCUT2D eigenvalue weighted by atomic mass is 10.2. The van der Waals surface area contributed by atoms with Crippen molar-refractivity contribution in [3.63, 3.8) is 0 Å². The first kappa shape index (κ1) is 8.89. The quantitative estimate of drug-likeness (QED) is 0.748. The molecule has 2 aromatic rings. The van der Waals surface area contributed by atoms with Crippen LogP contribution in [0.3, 0.4) is 0 Å². The van der Waals surface area contributed by atoms with Crippen molar-refractivity contribution in [1.29, 1.82) is 0 Å². The molecule has 0 bridgehead atoms. The molecular formula is C12H15N3. The molecule has 0 radical (unpaired) electrons. The number of nitrogens with zero attached hydrogens (tertiary/aromatic N) is 3. The first-order valence-electron chi connectivity index (χ1n) is 5.59. The Labute approximate surface area is 89.2 Å². The molecule has 78 valence electrons. The third kappa shape index (κ3) is 1.34. The molecule has 3 rings (SSSR count). The number of hydrogen-bond acceptors (Lipinski definition) is 2. The van der Waals surface area contributed by atoms with Crippen LogP contribution in [0.25, 0.3) is 11.0 Å². The molecule has 0 aromatic carbocycles. The molecule has 1 saturated carbocycles. The second-order valence-electron chi connectivity index (χ2n) is 4.59. The molecule has 0 unspecified atom stereocenters. The van der Waals surface area contributed by atoms with Crippen molar-refractivity contribution in [2.75, 3.05) is 0 Å². The average Bonchev–Trinajstić information content (AvgIpc) is 2.96. The topological polar surface area (TPSA) is 30.7 Å². The van der Waals surface area contributed by atoms with Gasteiger partial charge in [0.1, 0.15) is 12.0 Å². The van der Waals surface area contributed by atoms with E-state index >= 15 is 0 Å². The van der Waals surface area contributed by atoms with E-state index in [1.165, 1.54) is 23.9 Å². The zero-order valence-corrected chi connectivity index (χ0v) is 9.14. The number of rotatable bonds is 2. The molecule has 3 nitrogen and oxygen atoms in total. The average molecular weight is 201 g/mol. The monoisotopic (exact) mass is 201 g/mol. The summed E-state index contributed by atoms with van der Waals surface area (Å²) in [7, 11) is 0. The minimum absolute atomic E-state index is 0.462. The molecule has 2 heterocycles. The summed E-state index contributed by atoms with van der Waals surface area (Å²) >= 11 is 0. The van der Waals surface area contributed by atoms with Crippen LogP contribution in [0, 0.1) is 0 Å². The van der Waals surface area contributed by atoms with Gasteiger partial charge in [0.15, 0.2) is 0 Å². The largest absolute Gasteiger partial charge is 0.330 e. The summed E-state index contributed by atoms with van der Waals surface area (Å²) in [6.07, 6.45) is 6.41. The molecule has 2 aromatic heterocycles. The summed E-state index contributed by atoms with van der Waals surface area (Å²) < 4.78 is 2.21. The van der Waals surface area contributed by atoms with Gasteiger partial charge in [-0.15, -0.1) is 0 Å². The van der Waals surface area contributed by atoms with E-state index in [1.54, 1.807) is 6.33 Å². The van der Waals surface area contributed by atoms with E-state index in [9.17, 15) is 0 Å². The molecule has 0 N–H and O–H groups in total. The van der Waals surface area contributed by atoms with Crippen LogP contribution >= 0.6 is 0 Å². The zero-order chi connectivity index (χ0) is 10.4. The van der Waals surface area contributed by atoms with E-state index in [4.69, 9.17) is 0 Å². The fourth-order valence-electron chi connectivity index (χ4n) is 2.09. The highest BCUT2D eigenvalue weighted by molar-refractivity contribution is 5.79. The Morgan fingerprint density at radius 3 is 2.80 bits per heavy atom. The van der Waals surface area contributed by atoms with Crippen LogP contribution in [0.15, 0.2) is 18.6 Å². The van der Waals surface area contributed by atoms with Gasteiger partial charge in [-0.3, -0.25) is 0 Å². The third-order valence-electron chi connectivity index (χ3n) is 3.06. The smallest absolute Gasteiger partial charge is 0.143 e. The Hall–Kier alpha value is -1.38. The van der Waals surface area contributed by atoms with Crippen molar-refractivity contribution in [1.82, 2.24) is 14.5 Å². The second kappa shape index (κ2) is 3.05. The molecule has 1 aliphatic rings. The Morgan fingerprint density at radius 1 is 1.33 bits per heavy atom. The number of fused-ring (bicyclic) bond motifs is 1. The first-order chi connectivity index (χ1) is 7.27. The summed E-state index contributed by atoms with van der Waals surface area (Å²) in [5.74, 6) is 0.693. The fraction of sp³-hybridized carbons (Fsp3) is 0.500. The molecule has 0 amide bonds. The Morgan fingerprint density at radius 2 is 2.13 bits per heavy atom. The second-order valence-corrected chi connectivity index (χ2v) is 4.59. The van der Waals surface area contributed by atoms with Gasteiger partial charge < -0.3 is 4.57 Å². The van der Waals surface area contributed by atoms with Crippen molar-refractivity contribution in [3.8, 4) is 0 Å². The maximum absolute atomic E-state index is 4.42.